The normalized spacial score (nSPS) is 29.2. The van der Waals surface area contributed by atoms with Crippen LogP contribution in [0.5, 0.6) is 0 Å². The molecular weight excluding hydrogens is 240 g/mol. The zero-order valence-electron chi connectivity index (χ0n) is 11.2. The molecule has 3 unspecified atom stereocenters. The number of carbonyl (C=O) groups is 1. The molecule has 1 aromatic rings. The van der Waals surface area contributed by atoms with Gasteiger partial charge in [0.05, 0.1) is 30.2 Å². The monoisotopic (exact) mass is 260 g/mol. The highest BCUT2D eigenvalue weighted by atomic mass is 16.2. The molecular formula is C14H20N4O. The molecule has 2 N–H and O–H groups in total. The molecule has 0 radical (unpaired) electrons. The van der Waals surface area contributed by atoms with Gasteiger partial charge < -0.3 is 10.6 Å². The van der Waals surface area contributed by atoms with E-state index in [1.165, 1.54) is 19.3 Å². The van der Waals surface area contributed by atoms with Crippen LogP contribution < -0.4 is 10.6 Å². The minimum absolute atomic E-state index is 0.00842. The van der Waals surface area contributed by atoms with E-state index in [4.69, 9.17) is 0 Å². The molecule has 1 saturated heterocycles. The number of fused-ring (bicyclic) bond motifs is 1. The van der Waals surface area contributed by atoms with E-state index in [0.29, 0.717) is 18.4 Å². The van der Waals surface area contributed by atoms with E-state index in [-0.39, 0.29) is 11.9 Å². The van der Waals surface area contributed by atoms with Crippen molar-refractivity contribution in [3.8, 4) is 0 Å². The third-order valence-electron chi connectivity index (χ3n) is 4.31. The third kappa shape index (κ3) is 2.61. The highest BCUT2D eigenvalue weighted by Crippen LogP contribution is 2.37. The number of aryl methyl sites for hydroxylation is 1. The van der Waals surface area contributed by atoms with Crippen LogP contribution in [0.1, 0.15) is 30.7 Å². The van der Waals surface area contributed by atoms with Crippen molar-refractivity contribution in [2.75, 3.05) is 6.54 Å². The second kappa shape index (κ2) is 5.25. The summed E-state index contributed by atoms with van der Waals surface area (Å²) in [5.74, 6) is 1.34. The van der Waals surface area contributed by atoms with Crippen molar-refractivity contribution in [1.82, 2.24) is 20.6 Å². The summed E-state index contributed by atoms with van der Waals surface area (Å²) < 4.78 is 0. The quantitative estimate of drug-likeness (QED) is 0.843. The first kappa shape index (κ1) is 12.5. The topological polar surface area (TPSA) is 66.9 Å². The minimum atomic E-state index is -0.00842. The zero-order valence-corrected chi connectivity index (χ0v) is 11.2. The van der Waals surface area contributed by atoms with E-state index >= 15 is 0 Å². The fourth-order valence-electron chi connectivity index (χ4n) is 3.27. The van der Waals surface area contributed by atoms with Crippen LogP contribution in [0.4, 0.5) is 0 Å². The van der Waals surface area contributed by atoms with Gasteiger partial charge in [0.1, 0.15) is 0 Å². The van der Waals surface area contributed by atoms with Gasteiger partial charge in [-0.25, -0.2) is 0 Å². The van der Waals surface area contributed by atoms with Gasteiger partial charge in [-0.2, -0.15) is 0 Å². The molecule has 2 fully saturated rings. The molecule has 1 saturated carbocycles. The van der Waals surface area contributed by atoms with Crippen LogP contribution in [0, 0.1) is 18.8 Å². The predicted molar refractivity (Wildman–Crippen MR) is 71.2 cm³/mol. The number of aromatic nitrogens is 2. The standard InChI is InChI=1S/C14H20N4O/c1-9-5-16-11(7-15-9)8-18-14(19)13-12-4-2-3-10(12)6-17-13/h5,7,10,12-13,17H,2-4,6,8H2,1H3,(H,18,19). The Balaban J connectivity index is 1.55. The van der Waals surface area contributed by atoms with Crippen molar-refractivity contribution in [3.63, 3.8) is 0 Å². The number of rotatable bonds is 3. The van der Waals surface area contributed by atoms with Crippen molar-refractivity contribution >= 4 is 5.91 Å². The molecule has 2 heterocycles. The summed E-state index contributed by atoms with van der Waals surface area (Å²) in [4.78, 5) is 20.6. The predicted octanol–water partition coefficient (Wildman–Crippen LogP) is 0.789. The Morgan fingerprint density at radius 3 is 3.11 bits per heavy atom. The second-order valence-corrected chi connectivity index (χ2v) is 5.61. The molecule has 0 aromatic carbocycles. The van der Waals surface area contributed by atoms with Crippen molar-refractivity contribution in [2.45, 2.75) is 38.8 Å². The lowest BCUT2D eigenvalue weighted by Gasteiger charge is -2.17. The summed E-state index contributed by atoms with van der Waals surface area (Å²) in [5.41, 5.74) is 1.70. The molecule has 3 rings (SSSR count). The van der Waals surface area contributed by atoms with Gasteiger partial charge in [0.15, 0.2) is 0 Å². The Bertz CT molecular complexity index is 459. The van der Waals surface area contributed by atoms with Crippen LogP contribution in [-0.4, -0.2) is 28.5 Å². The molecule has 3 atom stereocenters. The Hall–Kier alpha value is -1.49. The first-order valence-corrected chi connectivity index (χ1v) is 7.02. The Morgan fingerprint density at radius 1 is 1.42 bits per heavy atom. The minimum Gasteiger partial charge on any atom is -0.349 e. The van der Waals surface area contributed by atoms with Gasteiger partial charge in [0.25, 0.3) is 0 Å². The van der Waals surface area contributed by atoms with Crippen molar-refractivity contribution < 1.29 is 4.79 Å². The molecule has 1 aromatic heterocycles. The fourth-order valence-corrected chi connectivity index (χ4v) is 3.27. The molecule has 5 nitrogen and oxygen atoms in total. The fraction of sp³-hybridized carbons (Fsp3) is 0.643. The maximum atomic E-state index is 12.2. The summed E-state index contributed by atoms with van der Waals surface area (Å²) in [7, 11) is 0. The van der Waals surface area contributed by atoms with E-state index in [9.17, 15) is 4.79 Å². The molecule has 1 aliphatic heterocycles. The van der Waals surface area contributed by atoms with Crippen LogP contribution in [0.3, 0.4) is 0 Å². The van der Waals surface area contributed by atoms with Crippen LogP contribution in [0.15, 0.2) is 12.4 Å². The molecule has 0 bridgehead atoms. The number of nitrogens with one attached hydrogen (secondary N) is 2. The molecule has 19 heavy (non-hydrogen) atoms. The summed E-state index contributed by atoms with van der Waals surface area (Å²) in [6, 6.07) is -0.00842. The Labute approximate surface area is 113 Å². The average molecular weight is 260 g/mol. The number of nitrogens with zero attached hydrogens (tertiary/aromatic N) is 2. The average Bonchev–Trinajstić information content (AvgIpc) is 3.00. The lowest BCUT2D eigenvalue weighted by molar-refractivity contribution is -0.123. The highest BCUT2D eigenvalue weighted by molar-refractivity contribution is 5.82. The molecule has 0 spiro atoms. The first-order valence-electron chi connectivity index (χ1n) is 7.02. The summed E-state index contributed by atoms with van der Waals surface area (Å²) in [5, 5.41) is 6.32. The van der Waals surface area contributed by atoms with Crippen molar-refractivity contribution in [1.29, 1.82) is 0 Å². The molecule has 1 amide bonds. The van der Waals surface area contributed by atoms with Gasteiger partial charge in [0.2, 0.25) is 5.91 Å². The van der Waals surface area contributed by atoms with E-state index in [1.54, 1.807) is 12.4 Å². The summed E-state index contributed by atoms with van der Waals surface area (Å²) in [6.07, 6.45) is 7.16. The summed E-state index contributed by atoms with van der Waals surface area (Å²) >= 11 is 0. The zero-order chi connectivity index (χ0) is 13.2. The highest BCUT2D eigenvalue weighted by Gasteiger charge is 2.42. The van der Waals surface area contributed by atoms with E-state index < -0.39 is 0 Å². The maximum absolute atomic E-state index is 12.2. The van der Waals surface area contributed by atoms with Gasteiger partial charge in [-0.1, -0.05) is 6.42 Å². The smallest absolute Gasteiger partial charge is 0.237 e. The lowest BCUT2D eigenvalue weighted by Crippen LogP contribution is -2.43. The van der Waals surface area contributed by atoms with Crippen LogP contribution >= 0.6 is 0 Å². The van der Waals surface area contributed by atoms with Crippen LogP contribution in [-0.2, 0) is 11.3 Å². The lowest BCUT2D eigenvalue weighted by atomic mass is 9.93. The first-order chi connectivity index (χ1) is 9.24. The number of carbonyl (C=O) groups excluding carboxylic acids is 1. The second-order valence-electron chi connectivity index (χ2n) is 5.61. The molecule has 1 aliphatic carbocycles. The van der Waals surface area contributed by atoms with Crippen LogP contribution in [0.2, 0.25) is 0 Å². The van der Waals surface area contributed by atoms with Gasteiger partial charge >= 0.3 is 0 Å². The number of amides is 1. The van der Waals surface area contributed by atoms with E-state index in [2.05, 4.69) is 20.6 Å². The SMILES string of the molecule is Cc1cnc(CNC(=O)C2NCC3CCCC32)cn1. The molecule has 2 aliphatic rings. The van der Waals surface area contributed by atoms with E-state index in [0.717, 1.165) is 17.9 Å². The summed E-state index contributed by atoms with van der Waals surface area (Å²) in [6.45, 7) is 3.35. The van der Waals surface area contributed by atoms with Gasteiger partial charge in [-0.3, -0.25) is 14.8 Å². The van der Waals surface area contributed by atoms with Crippen molar-refractivity contribution in [3.05, 3.63) is 23.8 Å². The Morgan fingerprint density at radius 2 is 2.32 bits per heavy atom. The largest absolute Gasteiger partial charge is 0.349 e. The number of hydrogen-bond acceptors (Lipinski definition) is 4. The third-order valence-corrected chi connectivity index (χ3v) is 4.31. The number of hydrogen-bond donors (Lipinski definition) is 2. The maximum Gasteiger partial charge on any atom is 0.237 e. The molecule has 5 heteroatoms. The Kier molecular flexibility index (Phi) is 3.46. The van der Waals surface area contributed by atoms with Gasteiger partial charge in [-0.15, -0.1) is 0 Å². The van der Waals surface area contributed by atoms with Gasteiger partial charge in [0, 0.05) is 6.20 Å². The van der Waals surface area contributed by atoms with Crippen LogP contribution in [0.25, 0.3) is 0 Å². The molecule has 102 valence electrons. The van der Waals surface area contributed by atoms with Crippen molar-refractivity contribution in [2.24, 2.45) is 11.8 Å². The van der Waals surface area contributed by atoms with E-state index in [1.807, 2.05) is 6.92 Å². The van der Waals surface area contributed by atoms with Gasteiger partial charge in [-0.05, 0) is 38.1 Å².